The zero-order chi connectivity index (χ0) is 18.8. The number of rotatable bonds is 4. The molecule has 0 unspecified atom stereocenters. The highest BCUT2D eigenvalue weighted by atomic mass is 32.2. The van der Waals surface area contributed by atoms with Gasteiger partial charge in [-0.2, -0.15) is 16.9 Å². The van der Waals surface area contributed by atoms with Gasteiger partial charge < -0.3 is 9.80 Å². The van der Waals surface area contributed by atoms with Crippen LogP contribution in [-0.2, 0) is 0 Å². The molecule has 0 radical (unpaired) electrons. The number of likely N-dealkylation sites (N-methyl/N-ethyl adjacent to an activating group) is 1. The Morgan fingerprint density at radius 2 is 1.92 bits per heavy atom. The first kappa shape index (κ1) is 18.7. The van der Waals surface area contributed by atoms with E-state index in [1.807, 2.05) is 51.4 Å². The number of para-hydroxylation sites is 1. The molecule has 138 valence electrons. The molecule has 1 fully saturated rings. The van der Waals surface area contributed by atoms with Crippen molar-refractivity contribution < 1.29 is 4.79 Å². The van der Waals surface area contributed by atoms with Gasteiger partial charge in [-0.1, -0.05) is 18.2 Å². The fraction of sp³-hybridized carbons (Fsp3) is 0.421. The number of aryl methyl sites for hydroxylation is 1. The van der Waals surface area contributed by atoms with Crippen LogP contribution in [0.3, 0.4) is 0 Å². The standard InChI is InChI=1S/C19H24N4O2S/c1-13-10-16(24)18(20-23(13)14-8-6-5-7-9-14)19(25)22-11-15(21(2)3)17(12-22)26-4/h5-10,15,17H,11-12H2,1-4H3/t15-,17-/m1/s1. The number of likely N-dealkylation sites (tertiary alicyclic amines) is 1. The zero-order valence-corrected chi connectivity index (χ0v) is 16.4. The summed E-state index contributed by atoms with van der Waals surface area (Å²) in [6, 6.07) is 11.3. The number of carbonyl (C=O) groups excluding carboxylic acids is 1. The monoisotopic (exact) mass is 372 g/mol. The lowest BCUT2D eigenvalue weighted by molar-refractivity contribution is 0.0774. The van der Waals surface area contributed by atoms with E-state index in [2.05, 4.69) is 16.3 Å². The van der Waals surface area contributed by atoms with Gasteiger partial charge in [-0.3, -0.25) is 9.59 Å². The van der Waals surface area contributed by atoms with E-state index in [9.17, 15) is 9.59 Å². The first-order valence-electron chi connectivity index (χ1n) is 8.57. The maximum atomic E-state index is 13.0. The molecule has 2 heterocycles. The average Bonchev–Trinajstić information content (AvgIpc) is 3.07. The van der Waals surface area contributed by atoms with Crippen LogP contribution in [-0.4, -0.2) is 70.2 Å². The van der Waals surface area contributed by atoms with Gasteiger partial charge in [0.1, 0.15) is 0 Å². The lowest BCUT2D eigenvalue weighted by Crippen LogP contribution is -2.38. The maximum Gasteiger partial charge on any atom is 0.278 e. The molecule has 2 aromatic rings. The molecule has 0 bridgehead atoms. The molecule has 2 atom stereocenters. The Morgan fingerprint density at radius 1 is 1.23 bits per heavy atom. The van der Waals surface area contributed by atoms with Crippen LogP contribution in [0.1, 0.15) is 16.2 Å². The van der Waals surface area contributed by atoms with E-state index in [1.165, 1.54) is 6.07 Å². The fourth-order valence-corrected chi connectivity index (χ4v) is 4.30. The molecule has 0 N–H and O–H groups in total. The van der Waals surface area contributed by atoms with Crippen molar-refractivity contribution in [3.05, 3.63) is 58.0 Å². The normalized spacial score (nSPS) is 20.0. The van der Waals surface area contributed by atoms with E-state index in [0.29, 0.717) is 24.0 Å². The van der Waals surface area contributed by atoms with E-state index in [1.54, 1.807) is 21.3 Å². The van der Waals surface area contributed by atoms with Crippen LogP contribution in [0.4, 0.5) is 0 Å². The predicted octanol–water partition coefficient (Wildman–Crippen LogP) is 1.66. The first-order chi connectivity index (χ1) is 12.4. The van der Waals surface area contributed by atoms with Crippen LogP contribution in [0.15, 0.2) is 41.2 Å². The highest BCUT2D eigenvalue weighted by Crippen LogP contribution is 2.24. The predicted molar refractivity (Wildman–Crippen MR) is 105 cm³/mol. The van der Waals surface area contributed by atoms with Crippen LogP contribution in [0.5, 0.6) is 0 Å². The summed E-state index contributed by atoms with van der Waals surface area (Å²) >= 11 is 1.75. The topological polar surface area (TPSA) is 58.4 Å². The number of carbonyl (C=O) groups is 1. The van der Waals surface area contributed by atoms with Gasteiger partial charge in [-0.25, -0.2) is 4.68 Å². The van der Waals surface area contributed by atoms with E-state index in [4.69, 9.17) is 0 Å². The van der Waals surface area contributed by atoms with Crippen molar-refractivity contribution in [3.63, 3.8) is 0 Å². The van der Waals surface area contributed by atoms with Gasteiger partial charge in [-0.15, -0.1) is 0 Å². The second-order valence-electron chi connectivity index (χ2n) is 6.76. The molecule has 0 aliphatic carbocycles. The Labute approximate surface area is 157 Å². The second kappa shape index (κ2) is 7.63. The molecular weight excluding hydrogens is 348 g/mol. The smallest absolute Gasteiger partial charge is 0.278 e. The van der Waals surface area contributed by atoms with Gasteiger partial charge in [0.2, 0.25) is 5.43 Å². The minimum atomic E-state index is -0.325. The molecule has 0 spiro atoms. The highest BCUT2D eigenvalue weighted by molar-refractivity contribution is 7.99. The molecule has 7 heteroatoms. The molecule has 1 aromatic carbocycles. The highest BCUT2D eigenvalue weighted by Gasteiger charge is 2.37. The second-order valence-corrected chi connectivity index (χ2v) is 7.84. The minimum Gasteiger partial charge on any atom is -0.334 e. The van der Waals surface area contributed by atoms with Gasteiger partial charge in [0.15, 0.2) is 5.69 Å². The molecule has 0 saturated carbocycles. The van der Waals surface area contributed by atoms with Gasteiger partial charge in [0, 0.05) is 36.1 Å². The number of nitrogens with zero attached hydrogens (tertiary/aromatic N) is 4. The Hall–Kier alpha value is -2.12. The molecule has 1 saturated heterocycles. The lowest BCUT2D eigenvalue weighted by Gasteiger charge is -2.23. The molecular formula is C19H24N4O2S. The summed E-state index contributed by atoms with van der Waals surface area (Å²) in [5.74, 6) is -0.289. The molecule has 1 aliphatic heterocycles. The van der Waals surface area contributed by atoms with Crippen LogP contribution >= 0.6 is 11.8 Å². The summed E-state index contributed by atoms with van der Waals surface area (Å²) in [6.45, 7) is 3.05. The van der Waals surface area contributed by atoms with Crippen molar-refractivity contribution in [1.82, 2.24) is 19.6 Å². The molecule has 26 heavy (non-hydrogen) atoms. The van der Waals surface area contributed by atoms with Crippen molar-refractivity contribution in [3.8, 4) is 5.69 Å². The van der Waals surface area contributed by atoms with E-state index in [-0.39, 0.29) is 23.1 Å². The first-order valence-corrected chi connectivity index (χ1v) is 9.86. The molecule has 1 aromatic heterocycles. The Kier molecular flexibility index (Phi) is 5.48. The van der Waals surface area contributed by atoms with Crippen molar-refractivity contribution >= 4 is 17.7 Å². The number of hydrogen-bond donors (Lipinski definition) is 0. The van der Waals surface area contributed by atoms with Crippen LogP contribution in [0.2, 0.25) is 0 Å². The third-order valence-electron chi connectivity index (χ3n) is 4.80. The molecule has 3 rings (SSSR count). The van der Waals surface area contributed by atoms with E-state index >= 15 is 0 Å². The summed E-state index contributed by atoms with van der Waals surface area (Å²) < 4.78 is 1.65. The number of thioether (sulfide) groups is 1. The zero-order valence-electron chi connectivity index (χ0n) is 15.5. The van der Waals surface area contributed by atoms with Crippen molar-refractivity contribution in [2.75, 3.05) is 33.4 Å². The Balaban J connectivity index is 1.94. The molecule has 1 amide bonds. The number of benzene rings is 1. The van der Waals surface area contributed by atoms with Crippen molar-refractivity contribution in [2.24, 2.45) is 0 Å². The summed E-state index contributed by atoms with van der Waals surface area (Å²) in [6.07, 6.45) is 2.06. The van der Waals surface area contributed by atoms with Gasteiger partial charge in [0.05, 0.1) is 5.69 Å². The summed E-state index contributed by atoms with van der Waals surface area (Å²) in [4.78, 5) is 29.4. The molecule has 1 aliphatic rings. The van der Waals surface area contributed by atoms with Gasteiger partial charge in [0.25, 0.3) is 5.91 Å². The van der Waals surface area contributed by atoms with E-state index < -0.39 is 0 Å². The number of amides is 1. The largest absolute Gasteiger partial charge is 0.334 e. The van der Waals surface area contributed by atoms with Crippen LogP contribution in [0, 0.1) is 6.92 Å². The third kappa shape index (κ3) is 3.54. The number of aromatic nitrogens is 2. The van der Waals surface area contributed by atoms with Crippen LogP contribution in [0.25, 0.3) is 5.69 Å². The quantitative estimate of drug-likeness (QED) is 0.817. The SMILES string of the molecule is CS[C@@H]1CN(C(=O)c2nn(-c3ccccc3)c(C)cc2=O)C[C@H]1N(C)C. The van der Waals surface area contributed by atoms with Crippen molar-refractivity contribution in [2.45, 2.75) is 18.2 Å². The number of hydrogen-bond acceptors (Lipinski definition) is 5. The third-order valence-corrected chi connectivity index (χ3v) is 5.87. The lowest BCUT2D eigenvalue weighted by atomic mass is 10.2. The fourth-order valence-electron chi connectivity index (χ4n) is 3.33. The van der Waals surface area contributed by atoms with Gasteiger partial charge >= 0.3 is 0 Å². The Bertz CT molecular complexity index is 850. The Morgan fingerprint density at radius 3 is 2.50 bits per heavy atom. The average molecular weight is 372 g/mol. The minimum absolute atomic E-state index is 0.0151. The molecule has 6 nitrogen and oxygen atoms in total. The maximum absolute atomic E-state index is 13.0. The van der Waals surface area contributed by atoms with Crippen molar-refractivity contribution in [1.29, 1.82) is 0 Å². The summed E-state index contributed by atoms with van der Waals surface area (Å²) in [7, 11) is 4.04. The van der Waals surface area contributed by atoms with Gasteiger partial charge in [-0.05, 0) is 39.4 Å². The van der Waals surface area contributed by atoms with E-state index in [0.717, 1.165) is 5.69 Å². The summed E-state index contributed by atoms with van der Waals surface area (Å²) in [5.41, 5.74) is 1.19. The summed E-state index contributed by atoms with van der Waals surface area (Å²) in [5, 5.41) is 4.73. The van der Waals surface area contributed by atoms with Crippen LogP contribution < -0.4 is 5.43 Å².